The Balaban J connectivity index is 2.79. The highest BCUT2D eigenvalue weighted by molar-refractivity contribution is 8.03. The number of rotatable bonds is 0. The van der Waals surface area contributed by atoms with Gasteiger partial charge in [-0.25, -0.2) is 0 Å². The molecule has 0 amide bonds. The second kappa shape index (κ2) is 3.91. The van der Waals surface area contributed by atoms with Gasteiger partial charge in [0.25, 0.3) is 0 Å². The number of hydrogen-bond donors (Lipinski definition) is 0. The van der Waals surface area contributed by atoms with Crippen LogP contribution < -0.4 is 0 Å². The van der Waals surface area contributed by atoms with Crippen LogP contribution in [0.25, 0.3) is 0 Å². The van der Waals surface area contributed by atoms with Gasteiger partial charge in [0.15, 0.2) is 0 Å². The molecule has 28 valence electrons. The van der Waals surface area contributed by atoms with Crippen LogP contribution in [0.3, 0.4) is 0 Å². The SMILES string of the molecule is [3H]CSC#CC. The van der Waals surface area contributed by atoms with Crippen LogP contribution in [0.4, 0.5) is 0 Å². The Bertz CT molecular complexity index is 69.4. The van der Waals surface area contributed by atoms with Crippen molar-refractivity contribution in [2.75, 3.05) is 6.23 Å². The van der Waals surface area contributed by atoms with E-state index in [-0.39, 0.29) is 0 Å². The van der Waals surface area contributed by atoms with Crippen molar-refractivity contribution >= 4 is 11.8 Å². The molecule has 0 nitrogen and oxygen atoms in total. The molecule has 0 aliphatic carbocycles. The van der Waals surface area contributed by atoms with E-state index in [2.05, 4.69) is 11.2 Å². The van der Waals surface area contributed by atoms with Gasteiger partial charge in [0.2, 0.25) is 0 Å². The lowest BCUT2D eigenvalue weighted by Crippen LogP contribution is -1.36. The quantitative estimate of drug-likeness (QED) is 0.402. The minimum Gasteiger partial charge on any atom is -0.0947 e. The van der Waals surface area contributed by atoms with E-state index < -0.39 is 0 Å². The van der Waals surface area contributed by atoms with Crippen LogP contribution in [0.5, 0.6) is 0 Å². The second-order valence-corrected chi connectivity index (χ2v) is 0.989. The van der Waals surface area contributed by atoms with Gasteiger partial charge in [0.1, 0.15) is 0 Å². The molecule has 0 spiro atoms. The fourth-order valence-electron chi connectivity index (χ4n) is 0.0722. The Labute approximate surface area is 38.4 Å². The van der Waals surface area contributed by atoms with Crippen molar-refractivity contribution < 1.29 is 1.37 Å². The first kappa shape index (κ1) is 3.11. The highest BCUT2D eigenvalue weighted by atomic mass is 32.2. The normalized spacial score (nSPS) is 7.80. The summed E-state index contributed by atoms with van der Waals surface area (Å²) in [5.41, 5.74) is 0. The molecule has 0 aliphatic rings. The third kappa shape index (κ3) is 3.91. The van der Waals surface area contributed by atoms with Gasteiger partial charge < -0.3 is 0 Å². The summed E-state index contributed by atoms with van der Waals surface area (Å²) in [5.74, 6) is 2.66. The lowest BCUT2D eigenvalue weighted by Gasteiger charge is -1.58. The molecule has 0 aromatic carbocycles. The summed E-state index contributed by atoms with van der Waals surface area (Å²) in [5, 5.41) is 2.68. The summed E-state index contributed by atoms with van der Waals surface area (Å²) in [4.78, 5) is 0. The van der Waals surface area contributed by atoms with Crippen LogP contribution in [0.1, 0.15) is 8.29 Å². The zero-order chi connectivity index (χ0) is 4.83. The smallest absolute Gasteiger partial charge is 0.0354 e. The molecule has 0 heterocycles. The summed E-state index contributed by atoms with van der Waals surface area (Å²) in [6.07, 6.45) is 0.348. The van der Waals surface area contributed by atoms with Gasteiger partial charge in [-0.2, -0.15) is 0 Å². The molecule has 0 bridgehead atoms. The topological polar surface area (TPSA) is 0 Å². The van der Waals surface area contributed by atoms with Gasteiger partial charge in [-0.05, 0) is 18.4 Å². The molecule has 0 saturated heterocycles. The Morgan fingerprint density at radius 2 is 2.80 bits per heavy atom. The maximum atomic E-state index is 6.57. The zero-order valence-corrected chi connectivity index (χ0v) is 3.93. The molecule has 0 aromatic rings. The van der Waals surface area contributed by atoms with Crippen molar-refractivity contribution in [3.05, 3.63) is 0 Å². The predicted molar refractivity (Wildman–Crippen MR) is 27.0 cm³/mol. The van der Waals surface area contributed by atoms with Crippen molar-refractivity contribution in [3.8, 4) is 11.2 Å². The van der Waals surface area contributed by atoms with Crippen molar-refractivity contribution in [2.24, 2.45) is 0 Å². The lowest BCUT2D eigenvalue weighted by atomic mass is 10.9. The molecule has 0 saturated carbocycles. The Morgan fingerprint density at radius 3 is 3.00 bits per heavy atom. The molecule has 1 heteroatoms. The maximum Gasteiger partial charge on any atom is 0.0354 e. The molecule has 0 radical (unpaired) electrons. The lowest BCUT2D eigenvalue weighted by molar-refractivity contribution is 1.94. The van der Waals surface area contributed by atoms with E-state index in [4.69, 9.17) is 1.37 Å². The van der Waals surface area contributed by atoms with Crippen molar-refractivity contribution in [3.63, 3.8) is 0 Å². The van der Waals surface area contributed by atoms with E-state index in [1.807, 2.05) is 0 Å². The third-order valence-electron chi connectivity index (χ3n) is 0.174. The Hall–Kier alpha value is -0.0900. The summed E-state index contributed by atoms with van der Waals surface area (Å²) in [7, 11) is 0. The zero-order valence-electron chi connectivity index (χ0n) is 4.12. The average molecular weight is 88.2 g/mol. The number of thioether (sulfide) groups is 1. The van der Waals surface area contributed by atoms with Crippen molar-refractivity contribution in [1.29, 1.82) is 0 Å². The van der Waals surface area contributed by atoms with Crippen LogP contribution in [0.2, 0.25) is 0 Å². The van der Waals surface area contributed by atoms with Crippen LogP contribution >= 0.6 is 11.8 Å². The minimum atomic E-state index is 0.348. The van der Waals surface area contributed by atoms with Crippen LogP contribution in [-0.2, 0) is 0 Å². The fraction of sp³-hybridized carbons (Fsp3) is 0.500. The standard InChI is InChI=1S/C4H6S/c1-3-4-5-2/h1-2H3/i2T. The van der Waals surface area contributed by atoms with Crippen molar-refractivity contribution in [1.82, 2.24) is 0 Å². The monoisotopic (exact) mass is 88.0 g/mol. The molecule has 0 fully saturated rings. The first-order valence-corrected chi connectivity index (χ1v) is 2.23. The first-order chi connectivity index (χ1) is 2.91. The molecular weight excluding hydrogens is 80.1 g/mol. The number of hydrogen-bond acceptors (Lipinski definition) is 1. The van der Waals surface area contributed by atoms with Crippen LogP contribution in [-0.4, -0.2) is 6.23 Å². The van der Waals surface area contributed by atoms with Crippen LogP contribution in [0, 0.1) is 11.2 Å². The van der Waals surface area contributed by atoms with E-state index in [1.54, 1.807) is 6.92 Å². The molecule has 0 atom stereocenters. The summed E-state index contributed by atoms with van der Waals surface area (Å²) < 4.78 is 6.57. The summed E-state index contributed by atoms with van der Waals surface area (Å²) >= 11 is 1.31. The molecule has 0 rings (SSSR count). The predicted octanol–water partition coefficient (Wildman–Crippen LogP) is 1.33. The molecule has 0 N–H and O–H groups in total. The highest BCUT2D eigenvalue weighted by Crippen LogP contribution is 1.80. The van der Waals surface area contributed by atoms with Crippen molar-refractivity contribution in [2.45, 2.75) is 6.92 Å². The maximum absolute atomic E-state index is 6.57. The Morgan fingerprint density at radius 1 is 2.00 bits per heavy atom. The Kier molecular flexibility index (Phi) is 2.43. The summed E-state index contributed by atoms with van der Waals surface area (Å²) in [6.45, 7) is 1.77. The molecule has 0 aromatic heterocycles. The average Bonchev–Trinajstić information content (AvgIpc) is 1.61. The van der Waals surface area contributed by atoms with E-state index >= 15 is 0 Å². The fourth-order valence-corrected chi connectivity index (χ4v) is 0.217. The van der Waals surface area contributed by atoms with Gasteiger partial charge in [-0.3, -0.25) is 0 Å². The largest absolute Gasteiger partial charge is 0.0947 e. The second-order valence-electron chi connectivity index (χ2n) is 0.496. The third-order valence-corrected chi connectivity index (χ3v) is 0.523. The molecule has 0 aliphatic heterocycles. The van der Waals surface area contributed by atoms with E-state index in [1.165, 1.54) is 11.8 Å². The van der Waals surface area contributed by atoms with Gasteiger partial charge in [-0.1, -0.05) is 17.7 Å². The first-order valence-electron chi connectivity index (χ1n) is 1.95. The molecular formula is C4H6S. The highest BCUT2D eigenvalue weighted by Gasteiger charge is 1.48. The van der Waals surface area contributed by atoms with Gasteiger partial charge in [-0.15, -0.1) is 0 Å². The van der Waals surface area contributed by atoms with E-state index in [9.17, 15) is 0 Å². The minimum absolute atomic E-state index is 0.348. The summed E-state index contributed by atoms with van der Waals surface area (Å²) in [6, 6.07) is 0. The van der Waals surface area contributed by atoms with Gasteiger partial charge in [0, 0.05) is 1.37 Å². The molecule has 0 unspecified atom stereocenters. The van der Waals surface area contributed by atoms with Gasteiger partial charge in [0.05, 0.1) is 0 Å². The van der Waals surface area contributed by atoms with Crippen LogP contribution in [0.15, 0.2) is 0 Å². The molecule has 5 heavy (non-hydrogen) atoms. The van der Waals surface area contributed by atoms with E-state index in [0.717, 1.165) is 0 Å². The van der Waals surface area contributed by atoms with E-state index in [0.29, 0.717) is 6.23 Å². The van der Waals surface area contributed by atoms with Gasteiger partial charge >= 0.3 is 0 Å².